The zero-order chi connectivity index (χ0) is 10.1. The van der Waals surface area contributed by atoms with Crippen molar-refractivity contribution in [2.75, 3.05) is 0 Å². The van der Waals surface area contributed by atoms with E-state index < -0.39 is 0 Å². The fourth-order valence-electron chi connectivity index (χ4n) is 0.980. The molecule has 1 aliphatic rings. The summed E-state index contributed by atoms with van der Waals surface area (Å²) < 4.78 is 5.33. The standard InChI is InChI=1S/C11H20O2/c1-8(11(2,3)4)13-10(12)7-9-5-6-9/h8-9H,5-7H2,1-4H3/t8-/m1/s1. The molecule has 2 nitrogen and oxygen atoms in total. The number of carbonyl (C=O) groups is 1. The third-order valence-electron chi connectivity index (χ3n) is 2.68. The molecule has 1 fully saturated rings. The Balaban J connectivity index is 2.25. The second kappa shape index (κ2) is 3.69. The van der Waals surface area contributed by atoms with E-state index in [-0.39, 0.29) is 17.5 Å². The van der Waals surface area contributed by atoms with Crippen LogP contribution in [0.5, 0.6) is 0 Å². The molecule has 76 valence electrons. The number of esters is 1. The Labute approximate surface area is 80.7 Å². The first kappa shape index (κ1) is 10.6. The second-order valence-electron chi connectivity index (χ2n) is 5.15. The van der Waals surface area contributed by atoms with Crippen molar-refractivity contribution in [2.24, 2.45) is 11.3 Å². The predicted octanol–water partition coefficient (Wildman–Crippen LogP) is 2.76. The molecule has 0 aromatic heterocycles. The van der Waals surface area contributed by atoms with Gasteiger partial charge in [0.25, 0.3) is 0 Å². The normalized spacial score (nSPS) is 19.7. The van der Waals surface area contributed by atoms with Gasteiger partial charge in [-0.2, -0.15) is 0 Å². The Morgan fingerprint density at radius 1 is 1.46 bits per heavy atom. The van der Waals surface area contributed by atoms with Crippen molar-refractivity contribution in [3.05, 3.63) is 0 Å². The van der Waals surface area contributed by atoms with E-state index in [1.165, 1.54) is 12.8 Å². The number of hydrogen-bond donors (Lipinski definition) is 0. The quantitative estimate of drug-likeness (QED) is 0.630. The van der Waals surface area contributed by atoms with E-state index in [1.807, 2.05) is 6.92 Å². The predicted molar refractivity (Wildman–Crippen MR) is 52.4 cm³/mol. The van der Waals surface area contributed by atoms with Gasteiger partial charge < -0.3 is 4.74 Å². The van der Waals surface area contributed by atoms with Crippen molar-refractivity contribution in [2.45, 2.75) is 53.1 Å². The number of hydrogen-bond acceptors (Lipinski definition) is 2. The molecule has 0 unspecified atom stereocenters. The highest BCUT2D eigenvalue weighted by atomic mass is 16.5. The molecule has 0 radical (unpaired) electrons. The number of carbonyl (C=O) groups excluding carboxylic acids is 1. The lowest BCUT2D eigenvalue weighted by Gasteiger charge is -2.26. The molecule has 0 saturated heterocycles. The van der Waals surface area contributed by atoms with Crippen LogP contribution in [0.2, 0.25) is 0 Å². The Hall–Kier alpha value is -0.530. The molecule has 1 rings (SSSR count). The number of rotatable bonds is 3. The van der Waals surface area contributed by atoms with Gasteiger partial charge in [0, 0.05) is 6.42 Å². The average molecular weight is 184 g/mol. The van der Waals surface area contributed by atoms with Crippen LogP contribution >= 0.6 is 0 Å². The summed E-state index contributed by atoms with van der Waals surface area (Å²) in [6.45, 7) is 8.22. The summed E-state index contributed by atoms with van der Waals surface area (Å²) in [6.07, 6.45) is 3.05. The van der Waals surface area contributed by atoms with Gasteiger partial charge in [0.15, 0.2) is 0 Å². The third-order valence-corrected chi connectivity index (χ3v) is 2.68. The lowest BCUT2D eigenvalue weighted by molar-refractivity contribution is -0.153. The second-order valence-corrected chi connectivity index (χ2v) is 5.15. The Morgan fingerprint density at radius 3 is 2.38 bits per heavy atom. The highest BCUT2D eigenvalue weighted by Gasteiger charge is 2.28. The van der Waals surface area contributed by atoms with E-state index in [2.05, 4.69) is 20.8 Å². The van der Waals surface area contributed by atoms with E-state index in [0.717, 1.165) is 0 Å². The Bertz CT molecular complexity index is 187. The van der Waals surface area contributed by atoms with E-state index in [9.17, 15) is 4.79 Å². The van der Waals surface area contributed by atoms with Crippen LogP contribution in [0.4, 0.5) is 0 Å². The molecule has 0 heterocycles. The van der Waals surface area contributed by atoms with Crippen molar-refractivity contribution in [1.29, 1.82) is 0 Å². The van der Waals surface area contributed by atoms with Crippen molar-refractivity contribution >= 4 is 5.97 Å². The Morgan fingerprint density at radius 2 is 2.00 bits per heavy atom. The van der Waals surface area contributed by atoms with Gasteiger partial charge >= 0.3 is 5.97 Å². The summed E-state index contributed by atoms with van der Waals surface area (Å²) in [5.41, 5.74) is 0.0548. The zero-order valence-corrected chi connectivity index (χ0v) is 9.09. The molecule has 1 saturated carbocycles. The van der Waals surface area contributed by atoms with Gasteiger partial charge in [-0.3, -0.25) is 4.79 Å². The molecule has 2 heteroatoms. The van der Waals surface area contributed by atoms with E-state index in [4.69, 9.17) is 4.74 Å². The van der Waals surface area contributed by atoms with Gasteiger partial charge in [-0.05, 0) is 31.1 Å². The van der Waals surface area contributed by atoms with Gasteiger partial charge in [0.2, 0.25) is 0 Å². The molecule has 1 atom stereocenters. The Kier molecular flexibility index (Phi) is 2.99. The van der Waals surface area contributed by atoms with Crippen LogP contribution in [0.25, 0.3) is 0 Å². The van der Waals surface area contributed by atoms with Crippen LogP contribution in [-0.2, 0) is 9.53 Å². The van der Waals surface area contributed by atoms with Crippen LogP contribution < -0.4 is 0 Å². The van der Waals surface area contributed by atoms with E-state index in [0.29, 0.717) is 12.3 Å². The first-order valence-corrected chi connectivity index (χ1v) is 5.09. The molecule has 1 aliphatic carbocycles. The zero-order valence-electron chi connectivity index (χ0n) is 9.09. The first-order chi connectivity index (χ1) is 5.89. The van der Waals surface area contributed by atoms with Crippen molar-refractivity contribution in [3.63, 3.8) is 0 Å². The van der Waals surface area contributed by atoms with Gasteiger partial charge in [0.05, 0.1) is 0 Å². The molecule has 0 bridgehead atoms. The highest BCUT2D eigenvalue weighted by molar-refractivity contribution is 5.70. The maximum absolute atomic E-state index is 11.3. The fourth-order valence-corrected chi connectivity index (χ4v) is 0.980. The molecular weight excluding hydrogens is 164 g/mol. The third kappa shape index (κ3) is 3.79. The first-order valence-electron chi connectivity index (χ1n) is 5.09. The molecule has 0 spiro atoms. The smallest absolute Gasteiger partial charge is 0.306 e. The highest BCUT2D eigenvalue weighted by Crippen LogP contribution is 2.33. The topological polar surface area (TPSA) is 26.3 Å². The monoisotopic (exact) mass is 184 g/mol. The van der Waals surface area contributed by atoms with Gasteiger partial charge in [-0.1, -0.05) is 20.8 Å². The van der Waals surface area contributed by atoms with Gasteiger partial charge in [-0.25, -0.2) is 0 Å². The van der Waals surface area contributed by atoms with Crippen molar-refractivity contribution in [3.8, 4) is 0 Å². The minimum atomic E-state index is -0.0232. The molecule has 0 aromatic carbocycles. The summed E-state index contributed by atoms with van der Waals surface area (Å²) in [7, 11) is 0. The number of ether oxygens (including phenoxy) is 1. The molecule has 0 aliphatic heterocycles. The van der Waals surface area contributed by atoms with Crippen LogP contribution in [0.1, 0.15) is 47.0 Å². The lowest BCUT2D eigenvalue weighted by atomic mass is 9.90. The minimum Gasteiger partial charge on any atom is -0.462 e. The van der Waals surface area contributed by atoms with Crippen LogP contribution in [-0.4, -0.2) is 12.1 Å². The molecule has 0 N–H and O–H groups in total. The van der Waals surface area contributed by atoms with Crippen molar-refractivity contribution in [1.82, 2.24) is 0 Å². The summed E-state index contributed by atoms with van der Waals surface area (Å²) in [5.74, 6) is 0.601. The fraction of sp³-hybridized carbons (Fsp3) is 0.909. The van der Waals surface area contributed by atoms with Gasteiger partial charge in [-0.15, -0.1) is 0 Å². The van der Waals surface area contributed by atoms with Crippen LogP contribution in [0.3, 0.4) is 0 Å². The average Bonchev–Trinajstić information content (AvgIpc) is 2.68. The maximum Gasteiger partial charge on any atom is 0.306 e. The van der Waals surface area contributed by atoms with Crippen LogP contribution in [0, 0.1) is 11.3 Å². The van der Waals surface area contributed by atoms with Gasteiger partial charge in [0.1, 0.15) is 6.10 Å². The molecule has 13 heavy (non-hydrogen) atoms. The summed E-state index contributed by atoms with van der Waals surface area (Å²) in [4.78, 5) is 11.3. The maximum atomic E-state index is 11.3. The molecular formula is C11H20O2. The van der Waals surface area contributed by atoms with Crippen molar-refractivity contribution < 1.29 is 9.53 Å². The van der Waals surface area contributed by atoms with E-state index >= 15 is 0 Å². The van der Waals surface area contributed by atoms with Crippen LogP contribution in [0.15, 0.2) is 0 Å². The summed E-state index contributed by atoms with van der Waals surface area (Å²) >= 11 is 0. The molecule has 0 amide bonds. The molecule has 0 aromatic rings. The lowest BCUT2D eigenvalue weighted by Crippen LogP contribution is -2.28. The minimum absolute atomic E-state index is 0.0127. The summed E-state index contributed by atoms with van der Waals surface area (Å²) in [5, 5.41) is 0. The van der Waals surface area contributed by atoms with E-state index in [1.54, 1.807) is 0 Å². The summed E-state index contributed by atoms with van der Waals surface area (Å²) in [6, 6.07) is 0. The SMILES string of the molecule is C[C@@H](OC(=O)CC1CC1)C(C)(C)C. The largest absolute Gasteiger partial charge is 0.462 e.